The third kappa shape index (κ3) is 4.12. The molecule has 6 nitrogen and oxygen atoms in total. The molecule has 1 aromatic carbocycles. The zero-order chi connectivity index (χ0) is 22.0. The van der Waals surface area contributed by atoms with Gasteiger partial charge in [-0.3, -0.25) is 14.3 Å². The SMILES string of the molecule is CCc1ccc(-c2cc3n(n2)C[C@](C)(C(=O)NC2CCCCCC2)N(CC)C3=O)cc1. The number of amides is 2. The first-order valence-electron chi connectivity index (χ1n) is 11.8. The zero-order valence-electron chi connectivity index (χ0n) is 19.0. The number of aromatic nitrogens is 2. The summed E-state index contributed by atoms with van der Waals surface area (Å²) in [6.07, 6.45) is 7.81. The van der Waals surface area contributed by atoms with E-state index in [-0.39, 0.29) is 17.9 Å². The smallest absolute Gasteiger partial charge is 0.273 e. The summed E-state index contributed by atoms with van der Waals surface area (Å²) in [5.41, 5.74) is 2.63. The Morgan fingerprint density at radius 1 is 1.13 bits per heavy atom. The molecule has 2 aliphatic rings. The Labute approximate surface area is 185 Å². The van der Waals surface area contributed by atoms with Crippen molar-refractivity contribution in [3.8, 4) is 11.3 Å². The van der Waals surface area contributed by atoms with Crippen LogP contribution in [0.3, 0.4) is 0 Å². The van der Waals surface area contributed by atoms with E-state index in [0.29, 0.717) is 18.8 Å². The lowest BCUT2D eigenvalue weighted by Crippen LogP contribution is -2.64. The quantitative estimate of drug-likeness (QED) is 0.735. The average Bonchev–Trinajstić information content (AvgIpc) is 3.02. The highest BCUT2D eigenvalue weighted by molar-refractivity contribution is 6.00. The fraction of sp³-hybridized carbons (Fsp3) is 0.560. The summed E-state index contributed by atoms with van der Waals surface area (Å²) < 4.78 is 1.73. The van der Waals surface area contributed by atoms with Crippen LogP contribution in [0.15, 0.2) is 30.3 Å². The van der Waals surface area contributed by atoms with Gasteiger partial charge in [0.05, 0.1) is 12.2 Å². The highest BCUT2D eigenvalue weighted by atomic mass is 16.2. The Balaban J connectivity index is 1.61. The summed E-state index contributed by atoms with van der Waals surface area (Å²) in [6, 6.07) is 10.3. The Hall–Kier alpha value is -2.63. The van der Waals surface area contributed by atoms with E-state index in [0.717, 1.165) is 43.4 Å². The normalized spacial score (nSPS) is 22.2. The van der Waals surface area contributed by atoms with Gasteiger partial charge in [0, 0.05) is 18.2 Å². The molecule has 0 unspecified atom stereocenters. The summed E-state index contributed by atoms with van der Waals surface area (Å²) in [5, 5.41) is 7.99. The third-order valence-electron chi connectivity index (χ3n) is 6.95. The number of hydrogen-bond donors (Lipinski definition) is 1. The van der Waals surface area contributed by atoms with Crippen molar-refractivity contribution >= 4 is 11.8 Å². The fourth-order valence-electron chi connectivity index (χ4n) is 4.95. The maximum Gasteiger partial charge on any atom is 0.273 e. The lowest BCUT2D eigenvalue weighted by Gasteiger charge is -2.43. The molecule has 0 bridgehead atoms. The molecule has 1 aromatic heterocycles. The van der Waals surface area contributed by atoms with Crippen molar-refractivity contribution < 1.29 is 9.59 Å². The number of likely N-dealkylation sites (N-methyl/N-ethyl adjacent to an activating group) is 1. The molecule has 1 N–H and O–H groups in total. The largest absolute Gasteiger partial charge is 0.351 e. The number of aryl methyl sites for hydroxylation is 1. The predicted molar refractivity (Wildman–Crippen MR) is 122 cm³/mol. The van der Waals surface area contributed by atoms with E-state index in [4.69, 9.17) is 5.10 Å². The van der Waals surface area contributed by atoms with Crippen LogP contribution in [0.1, 0.15) is 75.3 Å². The number of hydrogen-bond acceptors (Lipinski definition) is 3. The Bertz CT molecular complexity index is 941. The van der Waals surface area contributed by atoms with E-state index in [1.54, 1.807) is 9.58 Å². The summed E-state index contributed by atoms with van der Waals surface area (Å²) in [4.78, 5) is 28.5. The summed E-state index contributed by atoms with van der Waals surface area (Å²) in [6.45, 7) is 6.79. The predicted octanol–water partition coefficient (Wildman–Crippen LogP) is 4.19. The molecule has 2 amide bonds. The van der Waals surface area contributed by atoms with Gasteiger partial charge in [-0.05, 0) is 44.7 Å². The van der Waals surface area contributed by atoms with Gasteiger partial charge in [-0.25, -0.2) is 0 Å². The maximum absolute atomic E-state index is 13.4. The number of nitrogens with zero attached hydrogens (tertiary/aromatic N) is 3. The molecular weight excluding hydrogens is 388 g/mol. The lowest BCUT2D eigenvalue weighted by molar-refractivity contribution is -0.133. The van der Waals surface area contributed by atoms with E-state index in [1.807, 2.05) is 32.0 Å². The van der Waals surface area contributed by atoms with Crippen LogP contribution in [0, 0.1) is 0 Å². The number of benzene rings is 1. The van der Waals surface area contributed by atoms with Crippen LogP contribution in [-0.4, -0.2) is 44.6 Å². The molecule has 1 fully saturated rings. The van der Waals surface area contributed by atoms with Gasteiger partial charge in [0.25, 0.3) is 5.91 Å². The van der Waals surface area contributed by atoms with Crippen molar-refractivity contribution in [2.75, 3.05) is 6.54 Å². The minimum atomic E-state index is -0.944. The molecule has 6 heteroatoms. The number of nitrogens with one attached hydrogen (secondary N) is 1. The zero-order valence-corrected chi connectivity index (χ0v) is 19.0. The molecule has 0 saturated heterocycles. The maximum atomic E-state index is 13.4. The molecule has 1 atom stereocenters. The van der Waals surface area contributed by atoms with Gasteiger partial charge >= 0.3 is 0 Å². The van der Waals surface area contributed by atoms with Gasteiger partial charge in [-0.15, -0.1) is 0 Å². The standard InChI is InChI=1S/C25H34N4O2/c1-4-18-12-14-19(15-13-18)21-16-22-23(30)28(5-2)25(3,17-29(22)27-21)24(31)26-20-10-8-6-7-9-11-20/h12-16,20H,4-11,17H2,1-3H3,(H,26,31)/t25-/m1/s1. The first-order valence-corrected chi connectivity index (χ1v) is 11.8. The van der Waals surface area contributed by atoms with Crippen LogP contribution in [-0.2, 0) is 17.8 Å². The number of carbonyl (C=O) groups excluding carboxylic acids is 2. The molecule has 0 spiro atoms. The van der Waals surface area contributed by atoms with Crippen LogP contribution in [0.25, 0.3) is 11.3 Å². The van der Waals surface area contributed by atoms with Crippen molar-refractivity contribution in [1.29, 1.82) is 0 Å². The topological polar surface area (TPSA) is 67.2 Å². The van der Waals surface area contributed by atoms with Crippen LogP contribution < -0.4 is 5.32 Å². The molecule has 2 aromatic rings. The molecule has 31 heavy (non-hydrogen) atoms. The lowest BCUT2D eigenvalue weighted by atomic mass is 9.94. The molecular formula is C25H34N4O2. The van der Waals surface area contributed by atoms with Crippen LogP contribution >= 0.6 is 0 Å². The molecule has 2 heterocycles. The van der Waals surface area contributed by atoms with E-state index in [1.165, 1.54) is 18.4 Å². The fourth-order valence-corrected chi connectivity index (χ4v) is 4.95. The highest BCUT2D eigenvalue weighted by Crippen LogP contribution is 2.30. The average molecular weight is 423 g/mol. The van der Waals surface area contributed by atoms with Crippen molar-refractivity contribution in [3.63, 3.8) is 0 Å². The van der Waals surface area contributed by atoms with E-state index in [9.17, 15) is 9.59 Å². The van der Waals surface area contributed by atoms with Crippen molar-refractivity contribution in [2.45, 2.75) is 83.8 Å². The summed E-state index contributed by atoms with van der Waals surface area (Å²) in [7, 11) is 0. The number of rotatable bonds is 5. The molecule has 1 aliphatic carbocycles. The molecule has 0 radical (unpaired) electrons. The van der Waals surface area contributed by atoms with Crippen LogP contribution in [0.4, 0.5) is 0 Å². The van der Waals surface area contributed by atoms with Crippen LogP contribution in [0.2, 0.25) is 0 Å². The van der Waals surface area contributed by atoms with Gasteiger partial charge in [0.2, 0.25) is 5.91 Å². The molecule has 4 rings (SSSR count). The van der Waals surface area contributed by atoms with E-state index >= 15 is 0 Å². The van der Waals surface area contributed by atoms with Crippen LogP contribution in [0.5, 0.6) is 0 Å². The molecule has 1 aliphatic heterocycles. The monoisotopic (exact) mass is 422 g/mol. The first-order chi connectivity index (χ1) is 15.0. The Kier molecular flexibility index (Phi) is 6.17. The van der Waals surface area contributed by atoms with Gasteiger partial charge < -0.3 is 10.2 Å². The first kappa shape index (κ1) is 21.6. The Morgan fingerprint density at radius 3 is 2.42 bits per heavy atom. The van der Waals surface area contributed by atoms with Gasteiger partial charge in [0.1, 0.15) is 11.2 Å². The van der Waals surface area contributed by atoms with Gasteiger partial charge in [-0.2, -0.15) is 5.10 Å². The van der Waals surface area contributed by atoms with Crippen molar-refractivity contribution in [2.24, 2.45) is 0 Å². The second kappa shape index (κ2) is 8.85. The minimum absolute atomic E-state index is 0.0652. The van der Waals surface area contributed by atoms with Gasteiger partial charge in [-0.1, -0.05) is 56.9 Å². The van der Waals surface area contributed by atoms with Crippen molar-refractivity contribution in [3.05, 3.63) is 41.6 Å². The second-order valence-corrected chi connectivity index (χ2v) is 9.11. The number of fused-ring (bicyclic) bond motifs is 1. The molecule has 166 valence electrons. The second-order valence-electron chi connectivity index (χ2n) is 9.11. The summed E-state index contributed by atoms with van der Waals surface area (Å²) in [5.74, 6) is -0.194. The van der Waals surface area contributed by atoms with E-state index < -0.39 is 5.54 Å². The highest BCUT2D eigenvalue weighted by Gasteiger charge is 2.47. The van der Waals surface area contributed by atoms with E-state index in [2.05, 4.69) is 24.4 Å². The molecule has 1 saturated carbocycles. The summed E-state index contributed by atoms with van der Waals surface area (Å²) >= 11 is 0. The number of carbonyl (C=O) groups is 2. The third-order valence-corrected chi connectivity index (χ3v) is 6.95. The van der Waals surface area contributed by atoms with Crippen molar-refractivity contribution in [1.82, 2.24) is 20.0 Å². The Morgan fingerprint density at radius 2 is 1.81 bits per heavy atom. The minimum Gasteiger partial charge on any atom is -0.351 e. The van der Waals surface area contributed by atoms with Gasteiger partial charge in [0.15, 0.2) is 0 Å².